The fourth-order valence-corrected chi connectivity index (χ4v) is 7.33. The molecule has 0 spiro atoms. The Balaban J connectivity index is 1.28. The lowest BCUT2D eigenvalue weighted by atomic mass is 9.89. The average Bonchev–Trinajstić information content (AvgIpc) is 3.54. The molecule has 3 aromatic heterocycles. The molecular formula is C46H33N3. The van der Waals surface area contributed by atoms with Crippen LogP contribution in [0.5, 0.6) is 0 Å². The van der Waals surface area contributed by atoms with Gasteiger partial charge in [0.25, 0.3) is 0 Å². The maximum Gasteiger partial charge on any atom is 0.137 e. The van der Waals surface area contributed by atoms with E-state index >= 15 is 0 Å². The molecule has 49 heavy (non-hydrogen) atoms. The molecule has 0 fully saturated rings. The normalized spacial score (nSPS) is 11.5. The standard InChI is InChI=1S/C46H33N3/c1-30-23-36(24-31(2)47-30)38-26-37(27-39(28-38)43-29-34-15-6-7-18-40(34)41-19-8-9-20-42(41)43)33-16-12-17-35(25-33)45-46(32-13-4-3-5-14-32)49-22-11-10-21-44(49)48-45/h3-29H,1-2H3. The molecule has 0 amide bonds. The molecule has 3 heteroatoms. The van der Waals surface area contributed by atoms with Crippen molar-refractivity contribution in [1.29, 1.82) is 0 Å². The molecule has 0 aliphatic carbocycles. The molecule has 9 aromatic rings. The number of pyridine rings is 2. The number of rotatable bonds is 5. The zero-order chi connectivity index (χ0) is 32.9. The van der Waals surface area contributed by atoms with Crippen LogP contribution in [0.2, 0.25) is 0 Å². The van der Waals surface area contributed by atoms with Crippen LogP contribution in [0.4, 0.5) is 0 Å². The van der Waals surface area contributed by atoms with E-state index in [1.165, 1.54) is 43.8 Å². The molecule has 0 atom stereocenters. The van der Waals surface area contributed by atoms with Gasteiger partial charge in [-0.15, -0.1) is 0 Å². The lowest BCUT2D eigenvalue weighted by Gasteiger charge is -2.15. The Morgan fingerprint density at radius 1 is 0.408 bits per heavy atom. The minimum Gasteiger partial charge on any atom is -0.299 e. The van der Waals surface area contributed by atoms with E-state index in [0.29, 0.717) is 0 Å². The van der Waals surface area contributed by atoms with Gasteiger partial charge in [0.05, 0.1) is 11.4 Å². The second kappa shape index (κ2) is 11.7. The summed E-state index contributed by atoms with van der Waals surface area (Å²) in [6.45, 7) is 4.14. The van der Waals surface area contributed by atoms with E-state index < -0.39 is 0 Å². The highest BCUT2D eigenvalue weighted by Crippen LogP contribution is 2.40. The van der Waals surface area contributed by atoms with Crippen molar-refractivity contribution in [2.45, 2.75) is 13.8 Å². The summed E-state index contributed by atoms with van der Waals surface area (Å²) in [5.74, 6) is 0. The van der Waals surface area contributed by atoms with Crippen LogP contribution in [0.15, 0.2) is 164 Å². The number of aromatic nitrogens is 3. The van der Waals surface area contributed by atoms with Gasteiger partial charge >= 0.3 is 0 Å². The van der Waals surface area contributed by atoms with Crippen molar-refractivity contribution >= 4 is 27.2 Å². The van der Waals surface area contributed by atoms with Crippen LogP contribution in [0.3, 0.4) is 0 Å². The van der Waals surface area contributed by atoms with E-state index in [0.717, 1.165) is 50.7 Å². The first-order chi connectivity index (χ1) is 24.1. The second-order valence-electron chi connectivity index (χ2n) is 12.8. The first kappa shape index (κ1) is 28.9. The fraction of sp³-hybridized carbons (Fsp3) is 0.0435. The Kier molecular flexibility index (Phi) is 6.91. The summed E-state index contributed by atoms with van der Waals surface area (Å²) in [6.07, 6.45) is 2.10. The number of nitrogens with zero attached hydrogens (tertiary/aromatic N) is 3. The van der Waals surface area contributed by atoms with Crippen LogP contribution in [-0.4, -0.2) is 14.4 Å². The van der Waals surface area contributed by atoms with Crippen molar-refractivity contribution < 1.29 is 0 Å². The van der Waals surface area contributed by atoms with Crippen molar-refractivity contribution in [3.63, 3.8) is 0 Å². The van der Waals surface area contributed by atoms with Gasteiger partial charge in [-0.3, -0.25) is 9.38 Å². The molecule has 3 heterocycles. The summed E-state index contributed by atoms with van der Waals surface area (Å²) in [5, 5.41) is 5.02. The first-order valence-electron chi connectivity index (χ1n) is 16.7. The number of benzene rings is 6. The molecule has 0 aliphatic rings. The number of fused-ring (bicyclic) bond motifs is 4. The maximum atomic E-state index is 5.16. The molecule has 0 unspecified atom stereocenters. The second-order valence-corrected chi connectivity index (χ2v) is 12.8. The lowest BCUT2D eigenvalue weighted by Crippen LogP contribution is -1.92. The largest absolute Gasteiger partial charge is 0.299 e. The maximum absolute atomic E-state index is 5.16. The van der Waals surface area contributed by atoms with E-state index in [1.54, 1.807) is 0 Å². The van der Waals surface area contributed by atoms with Gasteiger partial charge in [0.1, 0.15) is 5.65 Å². The Morgan fingerprint density at radius 2 is 1.00 bits per heavy atom. The van der Waals surface area contributed by atoms with Gasteiger partial charge in [0.2, 0.25) is 0 Å². The highest BCUT2D eigenvalue weighted by Gasteiger charge is 2.17. The van der Waals surface area contributed by atoms with Crippen molar-refractivity contribution in [2.24, 2.45) is 0 Å². The van der Waals surface area contributed by atoms with Gasteiger partial charge in [-0.25, -0.2) is 4.98 Å². The van der Waals surface area contributed by atoms with E-state index in [1.807, 2.05) is 6.07 Å². The van der Waals surface area contributed by atoms with Gasteiger partial charge < -0.3 is 0 Å². The quantitative estimate of drug-likeness (QED) is 0.178. The van der Waals surface area contributed by atoms with E-state index in [4.69, 9.17) is 4.98 Å². The van der Waals surface area contributed by atoms with Crippen molar-refractivity contribution in [3.8, 4) is 55.9 Å². The molecule has 9 rings (SSSR count). The zero-order valence-electron chi connectivity index (χ0n) is 27.4. The van der Waals surface area contributed by atoms with Gasteiger partial charge in [0, 0.05) is 28.7 Å². The summed E-state index contributed by atoms with van der Waals surface area (Å²) < 4.78 is 2.19. The van der Waals surface area contributed by atoms with Crippen LogP contribution >= 0.6 is 0 Å². The van der Waals surface area contributed by atoms with Crippen molar-refractivity contribution in [3.05, 3.63) is 175 Å². The van der Waals surface area contributed by atoms with Gasteiger partial charge in [0.15, 0.2) is 0 Å². The minimum absolute atomic E-state index is 0.928. The van der Waals surface area contributed by atoms with Gasteiger partial charge in [-0.05, 0) is 123 Å². The third-order valence-corrected chi connectivity index (χ3v) is 9.47. The van der Waals surface area contributed by atoms with Gasteiger partial charge in [-0.1, -0.05) is 103 Å². The number of imidazole rings is 1. The third-order valence-electron chi connectivity index (χ3n) is 9.47. The molecule has 6 aromatic carbocycles. The summed E-state index contributed by atoms with van der Waals surface area (Å²) in [5.41, 5.74) is 14.3. The first-order valence-corrected chi connectivity index (χ1v) is 16.7. The third kappa shape index (κ3) is 5.17. The highest BCUT2D eigenvalue weighted by atomic mass is 15.0. The Bertz CT molecular complexity index is 2660. The zero-order valence-corrected chi connectivity index (χ0v) is 27.4. The number of hydrogen-bond acceptors (Lipinski definition) is 2. The Labute approximate surface area is 285 Å². The highest BCUT2D eigenvalue weighted by molar-refractivity contribution is 6.14. The summed E-state index contributed by atoms with van der Waals surface area (Å²) in [4.78, 5) is 9.85. The van der Waals surface area contributed by atoms with Crippen LogP contribution < -0.4 is 0 Å². The predicted molar refractivity (Wildman–Crippen MR) is 205 cm³/mol. The van der Waals surface area contributed by atoms with Crippen LogP contribution in [0.25, 0.3) is 83.1 Å². The van der Waals surface area contributed by atoms with Crippen LogP contribution in [0.1, 0.15) is 11.4 Å². The summed E-state index contributed by atoms with van der Waals surface area (Å²) in [7, 11) is 0. The van der Waals surface area contributed by atoms with Gasteiger partial charge in [-0.2, -0.15) is 0 Å². The predicted octanol–water partition coefficient (Wildman–Crippen LogP) is 12.0. The molecule has 0 bridgehead atoms. The molecular weight excluding hydrogens is 595 g/mol. The molecule has 232 valence electrons. The molecule has 0 N–H and O–H groups in total. The molecule has 0 radical (unpaired) electrons. The van der Waals surface area contributed by atoms with Crippen molar-refractivity contribution in [1.82, 2.24) is 14.4 Å². The smallest absolute Gasteiger partial charge is 0.137 e. The molecule has 0 aliphatic heterocycles. The summed E-state index contributed by atoms with van der Waals surface area (Å²) >= 11 is 0. The monoisotopic (exact) mass is 627 g/mol. The van der Waals surface area contributed by atoms with Crippen molar-refractivity contribution in [2.75, 3.05) is 0 Å². The minimum atomic E-state index is 0.928. The number of hydrogen-bond donors (Lipinski definition) is 0. The topological polar surface area (TPSA) is 30.2 Å². The van der Waals surface area contributed by atoms with E-state index in [2.05, 4.69) is 181 Å². The fourth-order valence-electron chi connectivity index (χ4n) is 7.33. The van der Waals surface area contributed by atoms with E-state index in [-0.39, 0.29) is 0 Å². The summed E-state index contributed by atoms with van der Waals surface area (Å²) in [6, 6.07) is 56.8. The average molecular weight is 628 g/mol. The van der Waals surface area contributed by atoms with Crippen LogP contribution in [0, 0.1) is 13.8 Å². The molecule has 0 saturated heterocycles. The number of aryl methyl sites for hydroxylation is 2. The van der Waals surface area contributed by atoms with E-state index in [9.17, 15) is 0 Å². The lowest BCUT2D eigenvalue weighted by molar-refractivity contribution is 1.12. The molecule has 3 nitrogen and oxygen atoms in total. The SMILES string of the molecule is Cc1cc(-c2cc(-c3cccc(-c4nc5ccccn5c4-c4ccccc4)c3)cc(-c3cc4ccccc4c4ccccc34)c2)cc(C)n1. The Hall–Kier alpha value is -6.32. The molecule has 0 saturated carbocycles. The Morgan fingerprint density at radius 3 is 1.82 bits per heavy atom. The van der Waals surface area contributed by atoms with Crippen LogP contribution in [-0.2, 0) is 0 Å².